The summed E-state index contributed by atoms with van der Waals surface area (Å²) in [5.41, 5.74) is 3.42. The monoisotopic (exact) mass is 218 g/mol. The van der Waals surface area contributed by atoms with Crippen molar-refractivity contribution in [1.29, 1.82) is 0 Å². The SMILES string of the molecule is CC1(C)CC2=C(CC3OC=CC(C2)C3=O)C1. The Hall–Kier alpha value is -1.05. The van der Waals surface area contributed by atoms with Gasteiger partial charge in [-0.25, -0.2) is 0 Å². The van der Waals surface area contributed by atoms with Crippen molar-refractivity contribution in [1.82, 2.24) is 0 Å². The summed E-state index contributed by atoms with van der Waals surface area (Å²) >= 11 is 0. The Morgan fingerprint density at radius 2 is 1.94 bits per heavy atom. The van der Waals surface area contributed by atoms with E-state index in [1.165, 1.54) is 11.1 Å². The first-order chi connectivity index (χ1) is 7.55. The van der Waals surface area contributed by atoms with Gasteiger partial charge in [0.2, 0.25) is 0 Å². The Morgan fingerprint density at radius 3 is 2.69 bits per heavy atom. The van der Waals surface area contributed by atoms with Gasteiger partial charge in [-0.1, -0.05) is 25.0 Å². The van der Waals surface area contributed by atoms with E-state index < -0.39 is 0 Å². The van der Waals surface area contributed by atoms with Gasteiger partial charge in [0.25, 0.3) is 0 Å². The highest BCUT2D eigenvalue weighted by Crippen LogP contribution is 2.47. The molecular formula is C14H18O2. The summed E-state index contributed by atoms with van der Waals surface area (Å²) in [5, 5.41) is 0. The van der Waals surface area contributed by atoms with Crippen molar-refractivity contribution >= 4 is 5.78 Å². The third kappa shape index (κ3) is 1.51. The molecule has 1 aliphatic heterocycles. The van der Waals surface area contributed by atoms with Gasteiger partial charge in [0, 0.05) is 12.3 Å². The molecule has 0 fully saturated rings. The molecule has 2 aliphatic carbocycles. The van der Waals surface area contributed by atoms with E-state index in [-0.39, 0.29) is 17.8 Å². The smallest absolute Gasteiger partial charge is 0.180 e. The molecule has 86 valence electrons. The molecule has 0 amide bonds. The molecule has 0 N–H and O–H groups in total. The predicted octanol–water partition coefficient (Wildman–Crippen LogP) is 2.99. The van der Waals surface area contributed by atoms with E-state index in [1.54, 1.807) is 6.26 Å². The molecule has 0 saturated carbocycles. The number of hydrogen-bond acceptors (Lipinski definition) is 2. The molecule has 16 heavy (non-hydrogen) atoms. The van der Waals surface area contributed by atoms with Crippen LogP contribution in [0.1, 0.15) is 39.5 Å². The maximum atomic E-state index is 12.0. The van der Waals surface area contributed by atoms with E-state index in [4.69, 9.17) is 4.74 Å². The molecule has 3 aliphatic rings. The maximum Gasteiger partial charge on any atom is 0.180 e. The van der Waals surface area contributed by atoms with Crippen molar-refractivity contribution in [2.24, 2.45) is 11.3 Å². The minimum Gasteiger partial charge on any atom is -0.490 e. The lowest BCUT2D eigenvalue weighted by atomic mass is 9.84. The zero-order valence-electron chi connectivity index (χ0n) is 9.95. The number of ketones is 1. The summed E-state index contributed by atoms with van der Waals surface area (Å²) in [6, 6.07) is 0. The quantitative estimate of drug-likeness (QED) is 0.584. The number of allylic oxidation sites excluding steroid dienone is 2. The van der Waals surface area contributed by atoms with Gasteiger partial charge >= 0.3 is 0 Å². The second kappa shape index (κ2) is 3.22. The number of rotatable bonds is 0. The first-order valence-electron chi connectivity index (χ1n) is 6.11. The number of carbonyl (C=O) groups is 1. The van der Waals surface area contributed by atoms with Crippen LogP contribution < -0.4 is 0 Å². The van der Waals surface area contributed by atoms with Gasteiger partial charge in [0.15, 0.2) is 11.9 Å². The maximum absolute atomic E-state index is 12.0. The molecule has 0 aromatic rings. The molecule has 2 nitrogen and oxygen atoms in total. The topological polar surface area (TPSA) is 26.3 Å². The third-order valence-corrected chi connectivity index (χ3v) is 4.02. The molecule has 0 saturated heterocycles. The lowest BCUT2D eigenvalue weighted by Gasteiger charge is -2.24. The van der Waals surface area contributed by atoms with Crippen LogP contribution >= 0.6 is 0 Å². The van der Waals surface area contributed by atoms with Crippen LogP contribution in [0.15, 0.2) is 23.5 Å². The van der Waals surface area contributed by atoms with Crippen molar-refractivity contribution in [2.75, 3.05) is 0 Å². The van der Waals surface area contributed by atoms with Crippen molar-refractivity contribution in [3.8, 4) is 0 Å². The molecule has 2 heteroatoms. The Labute approximate surface area is 96.4 Å². The summed E-state index contributed by atoms with van der Waals surface area (Å²) in [7, 11) is 0. The highest BCUT2D eigenvalue weighted by atomic mass is 16.5. The fourth-order valence-corrected chi connectivity index (χ4v) is 3.34. The van der Waals surface area contributed by atoms with Crippen LogP contribution in [0.2, 0.25) is 0 Å². The molecule has 2 bridgehead atoms. The van der Waals surface area contributed by atoms with Crippen molar-refractivity contribution in [2.45, 2.75) is 45.6 Å². The van der Waals surface area contributed by atoms with Crippen LogP contribution in [0, 0.1) is 11.3 Å². The lowest BCUT2D eigenvalue weighted by Crippen LogP contribution is -2.31. The van der Waals surface area contributed by atoms with Gasteiger partial charge in [-0.05, 0) is 30.8 Å². The predicted molar refractivity (Wildman–Crippen MR) is 61.8 cm³/mol. The summed E-state index contributed by atoms with van der Waals surface area (Å²) in [5.74, 6) is 0.370. The molecule has 1 heterocycles. The largest absolute Gasteiger partial charge is 0.490 e. The number of Topliss-reactive ketones (excluding diaryl/α,β-unsaturated/α-hetero) is 1. The van der Waals surface area contributed by atoms with Crippen LogP contribution in [-0.4, -0.2) is 11.9 Å². The van der Waals surface area contributed by atoms with E-state index >= 15 is 0 Å². The number of carbonyl (C=O) groups excluding carboxylic acids is 1. The Bertz CT molecular complexity index is 401. The van der Waals surface area contributed by atoms with Gasteiger partial charge in [-0.3, -0.25) is 4.79 Å². The first kappa shape index (κ1) is 10.1. The number of ether oxygens (including phenoxy) is 1. The molecular weight excluding hydrogens is 200 g/mol. The first-order valence-corrected chi connectivity index (χ1v) is 6.11. The zero-order chi connectivity index (χ0) is 11.3. The fourth-order valence-electron chi connectivity index (χ4n) is 3.34. The van der Waals surface area contributed by atoms with Gasteiger partial charge in [0.1, 0.15) is 0 Å². The molecule has 3 rings (SSSR count). The van der Waals surface area contributed by atoms with E-state index in [0.717, 1.165) is 25.7 Å². The summed E-state index contributed by atoms with van der Waals surface area (Å²) < 4.78 is 5.45. The Morgan fingerprint density at radius 1 is 1.25 bits per heavy atom. The molecule has 2 unspecified atom stereocenters. The minimum absolute atomic E-state index is 0.0835. The highest BCUT2D eigenvalue weighted by molar-refractivity contribution is 5.88. The fraction of sp³-hybridized carbons (Fsp3) is 0.643. The molecule has 0 aromatic heterocycles. The number of hydrogen-bond donors (Lipinski definition) is 0. The van der Waals surface area contributed by atoms with E-state index in [2.05, 4.69) is 13.8 Å². The zero-order valence-corrected chi connectivity index (χ0v) is 9.95. The average molecular weight is 218 g/mol. The summed E-state index contributed by atoms with van der Waals surface area (Å²) in [6.07, 6.45) is 7.53. The molecule has 0 spiro atoms. The van der Waals surface area contributed by atoms with Crippen LogP contribution in [0.3, 0.4) is 0 Å². The third-order valence-electron chi connectivity index (χ3n) is 4.02. The molecule has 0 radical (unpaired) electrons. The second-order valence-corrected chi connectivity index (χ2v) is 6.10. The standard InChI is InChI=1S/C14H18O2/c1-14(2)7-10-5-9-3-4-16-12(13(9)15)6-11(10)8-14/h3-4,9,12H,5-8H2,1-2H3. The van der Waals surface area contributed by atoms with Crippen molar-refractivity contribution < 1.29 is 9.53 Å². The Kier molecular flexibility index (Phi) is 2.04. The van der Waals surface area contributed by atoms with Gasteiger partial charge in [-0.2, -0.15) is 0 Å². The lowest BCUT2D eigenvalue weighted by molar-refractivity contribution is -0.131. The van der Waals surface area contributed by atoms with Crippen LogP contribution in [0.5, 0.6) is 0 Å². The normalized spacial score (nSPS) is 35.8. The summed E-state index contributed by atoms with van der Waals surface area (Å²) in [4.78, 5) is 12.0. The minimum atomic E-state index is -0.198. The van der Waals surface area contributed by atoms with E-state index in [9.17, 15) is 4.79 Å². The Balaban J connectivity index is 1.92. The van der Waals surface area contributed by atoms with E-state index in [0.29, 0.717) is 5.41 Å². The van der Waals surface area contributed by atoms with Crippen molar-refractivity contribution in [3.05, 3.63) is 23.5 Å². The summed E-state index contributed by atoms with van der Waals surface area (Å²) in [6.45, 7) is 4.63. The van der Waals surface area contributed by atoms with E-state index in [1.807, 2.05) is 6.08 Å². The second-order valence-electron chi connectivity index (χ2n) is 6.10. The van der Waals surface area contributed by atoms with Gasteiger partial charge < -0.3 is 4.74 Å². The van der Waals surface area contributed by atoms with Crippen LogP contribution in [0.25, 0.3) is 0 Å². The van der Waals surface area contributed by atoms with Crippen molar-refractivity contribution in [3.63, 3.8) is 0 Å². The molecule has 2 atom stereocenters. The average Bonchev–Trinajstić information content (AvgIpc) is 2.45. The van der Waals surface area contributed by atoms with Crippen LogP contribution in [0.4, 0.5) is 0 Å². The molecule has 0 aromatic carbocycles. The van der Waals surface area contributed by atoms with Crippen LogP contribution in [-0.2, 0) is 9.53 Å². The van der Waals surface area contributed by atoms with Gasteiger partial charge in [-0.15, -0.1) is 0 Å². The highest BCUT2D eigenvalue weighted by Gasteiger charge is 2.40. The van der Waals surface area contributed by atoms with Gasteiger partial charge in [0.05, 0.1) is 6.26 Å². The number of fused-ring (bicyclic) bond motifs is 2.